The van der Waals surface area contributed by atoms with Crippen LogP contribution in [-0.4, -0.2) is 13.2 Å². The van der Waals surface area contributed by atoms with Crippen molar-refractivity contribution in [1.29, 1.82) is 5.26 Å². The molecule has 1 aliphatic rings. The minimum atomic E-state index is -4.34. The van der Waals surface area contributed by atoms with Crippen molar-refractivity contribution in [1.82, 2.24) is 0 Å². The Balaban J connectivity index is 2.20. The van der Waals surface area contributed by atoms with Crippen LogP contribution in [0.2, 0.25) is 0 Å². The van der Waals surface area contributed by atoms with Crippen molar-refractivity contribution in [2.24, 2.45) is 5.41 Å². The van der Waals surface area contributed by atoms with Crippen LogP contribution in [0.25, 0.3) is 0 Å². The van der Waals surface area contributed by atoms with Gasteiger partial charge in [0.1, 0.15) is 5.41 Å². The molecule has 0 aromatic heterocycles. The number of alkyl halides is 3. The lowest BCUT2D eigenvalue weighted by Crippen LogP contribution is -2.43. The van der Waals surface area contributed by atoms with Gasteiger partial charge in [0.15, 0.2) is 0 Å². The number of ether oxygens (including phenoxy) is 1. The van der Waals surface area contributed by atoms with E-state index >= 15 is 0 Å². The molecule has 0 radical (unpaired) electrons. The summed E-state index contributed by atoms with van der Waals surface area (Å²) in [4.78, 5) is 0. The minimum absolute atomic E-state index is 0.291. The van der Waals surface area contributed by atoms with Crippen LogP contribution in [0.4, 0.5) is 13.2 Å². The fraction of sp³-hybridized carbons (Fsp3) is 0.417. The van der Waals surface area contributed by atoms with E-state index in [1.807, 2.05) is 0 Å². The fourth-order valence-electron chi connectivity index (χ4n) is 1.80. The van der Waals surface area contributed by atoms with Gasteiger partial charge in [-0.3, -0.25) is 0 Å². The van der Waals surface area contributed by atoms with Crippen molar-refractivity contribution in [3.63, 3.8) is 0 Å². The molecule has 0 amide bonds. The van der Waals surface area contributed by atoms with Gasteiger partial charge in [0, 0.05) is 0 Å². The topological polar surface area (TPSA) is 33.0 Å². The standard InChI is InChI=1S/C12H10F3NO/c13-12(14,15)10-3-1-2-9(4-10)5-11(6-16)7-17-8-11/h1-4H,5,7-8H2. The molecule has 1 saturated heterocycles. The van der Waals surface area contributed by atoms with E-state index in [4.69, 9.17) is 10.00 Å². The number of rotatable bonds is 2. The lowest BCUT2D eigenvalue weighted by atomic mass is 9.81. The Hall–Kier alpha value is -1.54. The summed E-state index contributed by atoms with van der Waals surface area (Å²) in [5.74, 6) is 0. The zero-order valence-corrected chi connectivity index (χ0v) is 8.92. The Kier molecular flexibility index (Phi) is 2.84. The molecule has 2 rings (SSSR count). The Morgan fingerprint density at radius 2 is 2.06 bits per heavy atom. The van der Waals surface area contributed by atoms with Gasteiger partial charge in [-0.25, -0.2) is 0 Å². The summed E-state index contributed by atoms with van der Waals surface area (Å²) in [6, 6.07) is 7.21. The van der Waals surface area contributed by atoms with Gasteiger partial charge in [0.2, 0.25) is 0 Å². The molecule has 90 valence electrons. The Labute approximate surface area is 96.6 Å². The Morgan fingerprint density at radius 1 is 1.35 bits per heavy atom. The smallest absolute Gasteiger partial charge is 0.378 e. The first-order valence-corrected chi connectivity index (χ1v) is 5.10. The third-order valence-corrected chi connectivity index (χ3v) is 2.79. The van der Waals surface area contributed by atoms with Crippen LogP contribution in [-0.2, 0) is 17.3 Å². The molecule has 0 N–H and O–H groups in total. The summed E-state index contributed by atoms with van der Waals surface area (Å²) < 4.78 is 42.4. The van der Waals surface area contributed by atoms with Crippen molar-refractivity contribution in [3.8, 4) is 6.07 Å². The predicted molar refractivity (Wildman–Crippen MR) is 54.0 cm³/mol. The van der Waals surface area contributed by atoms with Gasteiger partial charge in [-0.05, 0) is 18.1 Å². The zero-order valence-electron chi connectivity index (χ0n) is 8.92. The summed E-state index contributed by atoms with van der Waals surface area (Å²) >= 11 is 0. The first kappa shape index (κ1) is 11.9. The first-order valence-electron chi connectivity index (χ1n) is 5.10. The molecular weight excluding hydrogens is 231 g/mol. The highest BCUT2D eigenvalue weighted by Crippen LogP contribution is 2.34. The van der Waals surface area contributed by atoms with E-state index in [0.29, 0.717) is 25.2 Å². The zero-order chi connectivity index (χ0) is 12.5. The molecule has 1 aromatic carbocycles. The van der Waals surface area contributed by atoms with Crippen LogP contribution < -0.4 is 0 Å². The van der Waals surface area contributed by atoms with E-state index in [9.17, 15) is 13.2 Å². The highest BCUT2D eigenvalue weighted by molar-refractivity contribution is 5.28. The van der Waals surface area contributed by atoms with Gasteiger partial charge in [-0.1, -0.05) is 18.2 Å². The third kappa shape index (κ3) is 2.42. The van der Waals surface area contributed by atoms with E-state index in [1.54, 1.807) is 6.07 Å². The van der Waals surface area contributed by atoms with Crippen molar-refractivity contribution in [2.45, 2.75) is 12.6 Å². The average Bonchev–Trinajstić information content (AvgIpc) is 2.23. The summed E-state index contributed by atoms with van der Waals surface area (Å²) in [6.45, 7) is 0.583. The third-order valence-electron chi connectivity index (χ3n) is 2.79. The van der Waals surface area contributed by atoms with Gasteiger partial charge in [-0.2, -0.15) is 18.4 Å². The average molecular weight is 241 g/mol. The molecule has 0 saturated carbocycles. The first-order chi connectivity index (χ1) is 7.95. The van der Waals surface area contributed by atoms with Crippen molar-refractivity contribution in [3.05, 3.63) is 35.4 Å². The van der Waals surface area contributed by atoms with Crippen LogP contribution in [0.5, 0.6) is 0 Å². The maximum Gasteiger partial charge on any atom is 0.416 e. The second-order valence-electron chi connectivity index (χ2n) is 4.26. The number of benzene rings is 1. The van der Waals surface area contributed by atoms with Gasteiger partial charge in [-0.15, -0.1) is 0 Å². The molecule has 5 heteroatoms. The number of nitriles is 1. The van der Waals surface area contributed by atoms with E-state index in [1.165, 1.54) is 6.07 Å². The molecule has 1 heterocycles. The van der Waals surface area contributed by atoms with Gasteiger partial charge in [0.05, 0.1) is 24.8 Å². The minimum Gasteiger partial charge on any atom is -0.378 e. The lowest BCUT2D eigenvalue weighted by molar-refractivity contribution is -0.137. The lowest BCUT2D eigenvalue weighted by Gasteiger charge is -2.35. The second kappa shape index (κ2) is 4.04. The highest BCUT2D eigenvalue weighted by atomic mass is 19.4. The van der Waals surface area contributed by atoms with Gasteiger partial charge < -0.3 is 4.74 Å². The van der Waals surface area contributed by atoms with Crippen LogP contribution in [0.3, 0.4) is 0 Å². The van der Waals surface area contributed by atoms with Crippen molar-refractivity contribution >= 4 is 0 Å². The molecular formula is C12H10F3NO. The van der Waals surface area contributed by atoms with Crippen LogP contribution in [0, 0.1) is 16.7 Å². The summed E-state index contributed by atoms with van der Waals surface area (Å²) in [6.07, 6.45) is -4.04. The largest absolute Gasteiger partial charge is 0.416 e. The maximum absolute atomic E-state index is 12.5. The molecule has 0 aliphatic carbocycles. The van der Waals surface area contributed by atoms with Crippen LogP contribution in [0.1, 0.15) is 11.1 Å². The normalized spacial score (nSPS) is 18.2. The molecule has 2 nitrogen and oxygen atoms in total. The van der Waals surface area contributed by atoms with Crippen molar-refractivity contribution < 1.29 is 17.9 Å². The molecule has 0 atom stereocenters. The van der Waals surface area contributed by atoms with E-state index < -0.39 is 17.2 Å². The van der Waals surface area contributed by atoms with Crippen LogP contribution in [0.15, 0.2) is 24.3 Å². The molecule has 1 aliphatic heterocycles. The molecule has 0 bridgehead atoms. The SMILES string of the molecule is N#CC1(Cc2cccc(C(F)(F)F)c2)COC1. The Bertz CT molecular complexity index is 458. The van der Waals surface area contributed by atoms with Gasteiger partial charge in [0.25, 0.3) is 0 Å². The van der Waals surface area contributed by atoms with Gasteiger partial charge >= 0.3 is 6.18 Å². The summed E-state index contributed by atoms with van der Waals surface area (Å²) in [5.41, 5.74) is -0.808. The fourth-order valence-corrected chi connectivity index (χ4v) is 1.80. The number of halogens is 3. The monoisotopic (exact) mass is 241 g/mol. The molecule has 1 fully saturated rings. The molecule has 17 heavy (non-hydrogen) atoms. The maximum atomic E-state index is 12.5. The summed E-state index contributed by atoms with van der Waals surface area (Å²) in [7, 11) is 0. The molecule has 0 spiro atoms. The highest BCUT2D eigenvalue weighted by Gasteiger charge is 2.39. The van der Waals surface area contributed by atoms with E-state index in [-0.39, 0.29) is 0 Å². The molecule has 0 unspecified atom stereocenters. The molecule has 1 aromatic rings. The van der Waals surface area contributed by atoms with Crippen LogP contribution >= 0.6 is 0 Å². The van der Waals surface area contributed by atoms with E-state index in [2.05, 4.69) is 6.07 Å². The quantitative estimate of drug-likeness (QED) is 0.797. The summed E-state index contributed by atoms with van der Waals surface area (Å²) in [5, 5.41) is 8.97. The van der Waals surface area contributed by atoms with Crippen molar-refractivity contribution in [2.75, 3.05) is 13.2 Å². The number of hydrogen-bond acceptors (Lipinski definition) is 2. The number of nitrogens with zero attached hydrogens (tertiary/aromatic N) is 1. The van der Waals surface area contributed by atoms with E-state index in [0.717, 1.165) is 12.1 Å². The Morgan fingerprint density at radius 3 is 2.53 bits per heavy atom. The predicted octanol–water partition coefficient (Wildman–Crippen LogP) is 2.79. The second-order valence-corrected chi connectivity index (χ2v) is 4.26. The number of hydrogen-bond donors (Lipinski definition) is 0.